The van der Waals surface area contributed by atoms with Crippen molar-refractivity contribution in [1.29, 1.82) is 0 Å². The van der Waals surface area contributed by atoms with E-state index in [1.54, 1.807) is 6.08 Å². The summed E-state index contributed by atoms with van der Waals surface area (Å²) in [6.07, 6.45) is 0.811. The molecule has 0 spiro atoms. The first-order valence-electron chi connectivity index (χ1n) is 3.88. The number of carbonyl (C=O) groups excluding carboxylic acids is 1. The number of hydrogen-bond acceptors (Lipinski definition) is 3. The summed E-state index contributed by atoms with van der Waals surface area (Å²) in [5.74, 6) is -0.352. The lowest BCUT2D eigenvalue weighted by atomic mass is 10.3. The number of esters is 1. The van der Waals surface area contributed by atoms with Crippen molar-refractivity contribution in [1.82, 2.24) is 4.90 Å². The van der Waals surface area contributed by atoms with Gasteiger partial charge < -0.3 is 14.7 Å². The van der Waals surface area contributed by atoms with Crippen molar-refractivity contribution in [2.24, 2.45) is 0 Å². The Bertz CT molecular complexity index is 259. The van der Waals surface area contributed by atoms with E-state index < -0.39 is 6.09 Å². The van der Waals surface area contributed by atoms with Gasteiger partial charge >= 0.3 is 12.1 Å². The smallest absolute Gasteiger partial charge is 0.407 e. The highest BCUT2D eigenvalue weighted by molar-refractivity contribution is 5.67. The highest BCUT2D eigenvalue weighted by atomic mass is 16.5. The van der Waals surface area contributed by atoms with E-state index in [1.807, 2.05) is 0 Å². The molecule has 0 atom stereocenters. The third kappa shape index (κ3) is 2.77. The van der Waals surface area contributed by atoms with E-state index in [2.05, 4.69) is 0 Å². The number of amides is 1. The summed E-state index contributed by atoms with van der Waals surface area (Å²) in [5.41, 5.74) is 0.831. The fourth-order valence-corrected chi connectivity index (χ4v) is 1.06. The summed E-state index contributed by atoms with van der Waals surface area (Å²) >= 11 is 0. The molecule has 72 valence electrons. The molecule has 1 N–H and O–H groups in total. The quantitative estimate of drug-likeness (QED) is 0.501. The van der Waals surface area contributed by atoms with Crippen LogP contribution in [0.25, 0.3) is 0 Å². The summed E-state index contributed by atoms with van der Waals surface area (Å²) in [6.45, 7) is 2.23. The van der Waals surface area contributed by atoms with Crippen molar-refractivity contribution in [3.8, 4) is 0 Å². The maximum absolute atomic E-state index is 10.5. The molecule has 1 rings (SSSR count). The topological polar surface area (TPSA) is 66.8 Å². The number of nitrogens with zero attached hydrogens (tertiary/aromatic N) is 1. The summed E-state index contributed by atoms with van der Waals surface area (Å²) in [7, 11) is 0. The monoisotopic (exact) mass is 185 g/mol. The first-order chi connectivity index (χ1) is 6.09. The van der Waals surface area contributed by atoms with Crippen LogP contribution in [0.5, 0.6) is 0 Å². The van der Waals surface area contributed by atoms with E-state index in [1.165, 1.54) is 11.8 Å². The molecule has 13 heavy (non-hydrogen) atoms. The molecule has 1 aliphatic rings. The minimum Gasteiger partial charge on any atom is -0.465 e. The molecule has 0 bridgehead atoms. The third-order valence-electron chi connectivity index (χ3n) is 1.73. The number of carbonyl (C=O) groups is 2. The molecule has 1 aliphatic heterocycles. The van der Waals surface area contributed by atoms with Crippen LogP contribution in [0.2, 0.25) is 0 Å². The maximum atomic E-state index is 10.5. The Morgan fingerprint density at radius 1 is 1.69 bits per heavy atom. The maximum Gasteiger partial charge on any atom is 0.407 e. The highest BCUT2D eigenvalue weighted by Crippen LogP contribution is 2.09. The fourth-order valence-electron chi connectivity index (χ4n) is 1.06. The van der Waals surface area contributed by atoms with Gasteiger partial charge in [0, 0.05) is 20.0 Å². The normalized spacial score (nSPS) is 15.5. The summed E-state index contributed by atoms with van der Waals surface area (Å²) in [4.78, 5) is 22.2. The van der Waals surface area contributed by atoms with E-state index in [0.29, 0.717) is 13.1 Å². The van der Waals surface area contributed by atoms with Gasteiger partial charge in [-0.05, 0) is 5.57 Å². The van der Waals surface area contributed by atoms with Crippen LogP contribution in [-0.2, 0) is 9.53 Å². The van der Waals surface area contributed by atoms with Crippen LogP contribution in [0.4, 0.5) is 4.79 Å². The zero-order chi connectivity index (χ0) is 9.84. The van der Waals surface area contributed by atoms with E-state index in [0.717, 1.165) is 5.57 Å². The minimum atomic E-state index is -0.950. The first kappa shape index (κ1) is 9.57. The number of carboxylic acid groups (broad SMARTS) is 1. The average molecular weight is 185 g/mol. The highest BCUT2D eigenvalue weighted by Gasteiger charge is 2.18. The lowest BCUT2D eigenvalue weighted by Gasteiger charge is -2.10. The van der Waals surface area contributed by atoms with Crippen molar-refractivity contribution >= 4 is 12.1 Å². The van der Waals surface area contributed by atoms with Crippen LogP contribution in [-0.4, -0.2) is 41.8 Å². The van der Waals surface area contributed by atoms with Gasteiger partial charge in [-0.25, -0.2) is 4.79 Å². The Morgan fingerprint density at radius 3 is 2.85 bits per heavy atom. The molecule has 0 fully saturated rings. The Labute approximate surface area is 75.6 Å². The van der Waals surface area contributed by atoms with Gasteiger partial charge in [0.15, 0.2) is 0 Å². The largest absolute Gasteiger partial charge is 0.465 e. The first-order valence-corrected chi connectivity index (χ1v) is 3.88. The second kappa shape index (κ2) is 3.93. The number of ether oxygens (including phenoxy) is 1. The Balaban J connectivity index is 2.32. The Morgan fingerprint density at radius 2 is 2.38 bits per heavy atom. The van der Waals surface area contributed by atoms with E-state index >= 15 is 0 Å². The lowest BCUT2D eigenvalue weighted by molar-refractivity contribution is -0.139. The van der Waals surface area contributed by atoms with Crippen LogP contribution in [0.1, 0.15) is 6.92 Å². The summed E-state index contributed by atoms with van der Waals surface area (Å²) in [5, 5.41) is 8.59. The molecule has 0 saturated heterocycles. The van der Waals surface area contributed by atoms with Gasteiger partial charge in [-0.2, -0.15) is 0 Å². The van der Waals surface area contributed by atoms with Gasteiger partial charge in [-0.1, -0.05) is 6.08 Å². The van der Waals surface area contributed by atoms with Crippen LogP contribution in [0, 0.1) is 0 Å². The van der Waals surface area contributed by atoms with Gasteiger partial charge in [0.2, 0.25) is 0 Å². The second-order valence-corrected chi connectivity index (χ2v) is 2.81. The molecule has 0 aromatic carbocycles. The van der Waals surface area contributed by atoms with Crippen molar-refractivity contribution < 1.29 is 19.4 Å². The van der Waals surface area contributed by atoms with Crippen molar-refractivity contribution in [2.45, 2.75) is 6.92 Å². The van der Waals surface area contributed by atoms with E-state index in [4.69, 9.17) is 9.84 Å². The molecule has 5 heteroatoms. The lowest BCUT2D eigenvalue weighted by Crippen LogP contribution is -2.27. The van der Waals surface area contributed by atoms with Crippen LogP contribution >= 0.6 is 0 Å². The van der Waals surface area contributed by atoms with Crippen LogP contribution in [0.15, 0.2) is 11.6 Å². The molecule has 0 aliphatic carbocycles. The minimum absolute atomic E-state index is 0.194. The molecule has 5 nitrogen and oxygen atoms in total. The predicted octanol–water partition coefficient (Wildman–Crippen LogP) is 0.470. The van der Waals surface area contributed by atoms with Gasteiger partial charge in [0.25, 0.3) is 0 Å². The van der Waals surface area contributed by atoms with Crippen molar-refractivity contribution in [2.75, 3.05) is 19.7 Å². The third-order valence-corrected chi connectivity index (χ3v) is 1.73. The van der Waals surface area contributed by atoms with Crippen LogP contribution in [0.3, 0.4) is 0 Å². The average Bonchev–Trinajstić information content (AvgIpc) is 2.48. The van der Waals surface area contributed by atoms with Crippen molar-refractivity contribution in [3.05, 3.63) is 11.6 Å². The molecule has 1 amide bonds. The van der Waals surface area contributed by atoms with Crippen molar-refractivity contribution in [3.63, 3.8) is 0 Å². The van der Waals surface area contributed by atoms with Crippen LogP contribution < -0.4 is 0 Å². The van der Waals surface area contributed by atoms with E-state index in [9.17, 15) is 9.59 Å². The Kier molecular flexibility index (Phi) is 2.89. The molecule has 1 heterocycles. The summed E-state index contributed by atoms with van der Waals surface area (Å²) in [6, 6.07) is 0. The fraction of sp³-hybridized carbons (Fsp3) is 0.500. The zero-order valence-corrected chi connectivity index (χ0v) is 7.32. The van der Waals surface area contributed by atoms with Gasteiger partial charge in [-0.3, -0.25) is 4.79 Å². The molecular formula is C8H11NO4. The molecule has 0 radical (unpaired) electrons. The van der Waals surface area contributed by atoms with Gasteiger partial charge in [0.1, 0.15) is 6.61 Å². The molecule has 0 unspecified atom stereocenters. The molecule has 0 aromatic rings. The van der Waals surface area contributed by atoms with Gasteiger partial charge in [0.05, 0.1) is 0 Å². The van der Waals surface area contributed by atoms with E-state index in [-0.39, 0.29) is 12.6 Å². The molecular weight excluding hydrogens is 174 g/mol. The summed E-state index contributed by atoms with van der Waals surface area (Å²) < 4.78 is 4.73. The number of hydrogen-bond donors (Lipinski definition) is 1. The predicted molar refractivity (Wildman–Crippen MR) is 44.3 cm³/mol. The zero-order valence-electron chi connectivity index (χ0n) is 7.32. The SMILES string of the molecule is CC(=O)OCC1=CCN(C(=O)O)C1. The second-order valence-electron chi connectivity index (χ2n) is 2.81. The Hall–Kier alpha value is -1.52. The molecule has 0 saturated carbocycles. The van der Waals surface area contributed by atoms with Gasteiger partial charge in [-0.15, -0.1) is 0 Å². The number of rotatable bonds is 2. The molecule has 0 aromatic heterocycles. The standard InChI is InChI=1S/C8H11NO4/c1-6(10)13-5-7-2-3-9(4-7)8(11)12/h2H,3-5H2,1H3,(H,11,12).